The number of methoxy groups -OCH3 is 1. The molecular formula is C9H6Br2F2O2. The maximum Gasteiger partial charge on any atom is 0.341 e. The molecule has 1 rings (SSSR count). The van der Waals surface area contributed by atoms with Crippen molar-refractivity contribution in [3.8, 4) is 0 Å². The molecule has 6 heteroatoms. The van der Waals surface area contributed by atoms with Crippen molar-refractivity contribution in [2.75, 3.05) is 7.11 Å². The first-order valence-corrected chi connectivity index (χ1v) is 5.75. The van der Waals surface area contributed by atoms with Gasteiger partial charge in [0.25, 0.3) is 0 Å². The summed E-state index contributed by atoms with van der Waals surface area (Å²) in [6, 6.07) is 0.897. The van der Waals surface area contributed by atoms with Crippen molar-refractivity contribution in [1.29, 1.82) is 0 Å². The van der Waals surface area contributed by atoms with Crippen LogP contribution in [0.15, 0.2) is 10.5 Å². The number of halogens is 4. The van der Waals surface area contributed by atoms with Crippen molar-refractivity contribution >= 4 is 37.8 Å². The zero-order chi connectivity index (χ0) is 11.6. The fraction of sp³-hybridized carbons (Fsp3) is 0.222. The van der Waals surface area contributed by atoms with Gasteiger partial charge in [0.15, 0.2) is 0 Å². The second kappa shape index (κ2) is 5.03. The molecule has 0 saturated carbocycles. The minimum Gasteiger partial charge on any atom is -0.465 e. The van der Waals surface area contributed by atoms with E-state index in [0.717, 1.165) is 13.2 Å². The Morgan fingerprint density at radius 1 is 1.53 bits per heavy atom. The standard InChI is InChI=1S/C9H6Br2F2O2/c1-15-9(14)7-4(3-10)8(13)5(11)2-6(7)12/h2H,3H2,1H3. The van der Waals surface area contributed by atoms with Crippen molar-refractivity contribution in [3.63, 3.8) is 0 Å². The summed E-state index contributed by atoms with van der Waals surface area (Å²) in [5.74, 6) is -2.38. The van der Waals surface area contributed by atoms with Crippen LogP contribution >= 0.6 is 31.9 Å². The zero-order valence-electron chi connectivity index (χ0n) is 7.61. The summed E-state index contributed by atoms with van der Waals surface area (Å²) < 4.78 is 31.2. The first-order valence-electron chi connectivity index (χ1n) is 3.83. The number of esters is 1. The van der Waals surface area contributed by atoms with E-state index in [9.17, 15) is 13.6 Å². The molecule has 82 valence electrons. The summed E-state index contributed by atoms with van der Waals surface area (Å²) in [7, 11) is 1.11. The summed E-state index contributed by atoms with van der Waals surface area (Å²) >= 11 is 5.84. The molecule has 1 aromatic carbocycles. The van der Waals surface area contributed by atoms with Crippen LogP contribution in [-0.4, -0.2) is 13.1 Å². The molecule has 0 N–H and O–H groups in total. The molecule has 0 heterocycles. The third-order valence-corrected chi connectivity index (χ3v) is 2.93. The molecular weight excluding hydrogens is 338 g/mol. The van der Waals surface area contributed by atoms with Gasteiger partial charge in [-0.15, -0.1) is 0 Å². The quantitative estimate of drug-likeness (QED) is 0.467. The predicted molar refractivity (Wildman–Crippen MR) is 58.0 cm³/mol. The lowest BCUT2D eigenvalue weighted by Crippen LogP contribution is -2.10. The van der Waals surface area contributed by atoms with E-state index in [1.165, 1.54) is 0 Å². The van der Waals surface area contributed by atoms with Crippen molar-refractivity contribution < 1.29 is 18.3 Å². The number of carbonyl (C=O) groups is 1. The molecule has 0 amide bonds. The minimum atomic E-state index is -0.895. The number of benzene rings is 1. The topological polar surface area (TPSA) is 26.3 Å². The molecule has 0 bridgehead atoms. The lowest BCUT2D eigenvalue weighted by Gasteiger charge is -2.09. The molecule has 15 heavy (non-hydrogen) atoms. The summed E-state index contributed by atoms with van der Waals surface area (Å²) in [4.78, 5) is 11.2. The van der Waals surface area contributed by atoms with Gasteiger partial charge in [0.2, 0.25) is 0 Å². The molecule has 0 unspecified atom stereocenters. The fourth-order valence-corrected chi connectivity index (χ4v) is 2.06. The van der Waals surface area contributed by atoms with Gasteiger partial charge in [-0.05, 0) is 22.0 Å². The van der Waals surface area contributed by atoms with Crippen molar-refractivity contribution in [3.05, 3.63) is 33.3 Å². The second-order valence-electron chi connectivity index (χ2n) is 2.63. The lowest BCUT2D eigenvalue weighted by molar-refractivity contribution is 0.0593. The Labute approximate surface area is 102 Å². The molecule has 0 aliphatic rings. The van der Waals surface area contributed by atoms with Gasteiger partial charge in [-0.3, -0.25) is 0 Å². The highest BCUT2D eigenvalue weighted by Crippen LogP contribution is 2.27. The van der Waals surface area contributed by atoms with Gasteiger partial charge < -0.3 is 4.74 Å². The Balaban J connectivity index is 3.49. The highest BCUT2D eigenvalue weighted by molar-refractivity contribution is 9.10. The highest BCUT2D eigenvalue weighted by Gasteiger charge is 2.22. The Kier molecular flexibility index (Phi) is 4.21. The number of ether oxygens (including phenoxy) is 1. The van der Waals surface area contributed by atoms with Crippen LogP contribution in [0.1, 0.15) is 15.9 Å². The summed E-state index contributed by atoms with van der Waals surface area (Å²) in [6.07, 6.45) is 0. The van der Waals surface area contributed by atoms with Crippen LogP contribution in [0, 0.1) is 11.6 Å². The van der Waals surface area contributed by atoms with Gasteiger partial charge in [0, 0.05) is 10.9 Å². The van der Waals surface area contributed by atoms with Gasteiger partial charge in [-0.2, -0.15) is 0 Å². The number of rotatable bonds is 2. The fourth-order valence-electron chi connectivity index (χ4n) is 1.09. The van der Waals surface area contributed by atoms with Crippen molar-refractivity contribution in [2.45, 2.75) is 5.33 Å². The number of alkyl halides is 1. The van der Waals surface area contributed by atoms with Gasteiger partial charge in [-0.1, -0.05) is 15.9 Å². The lowest BCUT2D eigenvalue weighted by atomic mass is 10.1. The van der Waals surface area contributed by atoms with E-state index in [1.54, 1.807) is 0 Å². The molecule has 0 aromatic heterocycles. The third-order valence-electron chi connectivity index (χ3n) is 1.79. The maximum atomic E-state index is 13.5. The molecule has 0 atom stereocenters. The number of hydrogen-bond acceptors (Lipinski definition) is 2. The van der Waals surface area contributed by atoms with Crippen molar-refractivity contribution in [2.24, 2.45) is 0 Å². The first kappa shape index (κ1) is 12.6. The van der Waals surface area contributed by atoms with E-state index in [1.807, 2.05) is 0 Å². The van der Waals surface area contributed by atoms with Crippen LogP contribution in [0.4, 0.5) is 8.78 Å². The van der Waals surface area contributed by atoms with Crippen LogP contribution in [0.25, 0.3) is 0 Å². The van der Waals surface area contributed by atoms with Crippen LogP contribution in [0.3, 0.4) is 0 Å². The average molecular weight is 344 g/mol. The highest BCUT2D eigenvalue weighted by atomic mass is 79.9. The average Bonchev–Trinajstić information content (AvgIpc) is 2.21. The molecule has 2 nitrogen and oxygen atoms in total. The van der Waals surface area contributed by atoms with Crippen LogP contribution in [-0.2, 0) is 10.1 Å². The van der Waals surface area contributed by atoms with Crippen LogP contribution in [0.5, 0.6) is 0 Å². The Hall–Kier alpha value is -0.490. The molecule has 0 spiro atoms. The number of carbonyl (C=O) groups excluding carboxylic acids is 1. The predicted octanol–water partition coefficient (Wildman–Crippen LogP) is 3.41. The van der Waals surface area contributed by atoms with E-state index < -0.39 is 17.6 Å². The minimum absolute atomic E-state index is 0.0258. The smallest absolute Gasteiger partial charge is 0.341 e. The first-order chi connectivity index (χ1) is 7.02. The molecule has 0 fully saturated rings. The van der Waals surface area contributed by atoms with E-state index in [4.69, 9.17) is 0 Å². The third kappa shape index (κ3) is 2.36. The maximum absolute atomic E-state index is 13.5. The summed E-state index contributed by atoms with van der Waals surface area (Å²) in [5.41, 5.74) is -0.441. The Morgan fingerprint density at radius 3 is 2.60 bits per heavy atom. The zero-order valence-corrected chi connectivity index (χ0v) is 10.8. The SMILES string of the molecule is COC(=O)c1c(F)cc(Br)c(F)c1CBr. The van der Waals surface area contributed by atoms with Gasteiger partial charge in [0.1, 0.15) is 17.2 Å². The number of hydrogen-bond donors (Lipinski definition) is 0. The Morgan fingerprint density at radius 2 is 2.13 bits per heavy atom. The molecule has 0 aliphatic heterocycles. The second-order valence-corrected chi connectivity index (χ2v) is 4.05. The molecule has 0 saturated heterocycles. The summed E-state index contributed by atoms with van der Waals surface area (Å²) in [5, 5.41) is 0.0274. The van der Waals surface area contributed by atoms with Gasteiger partial charge >= 0.3 is 5.97 Å². The summed E-state index contributed by atoms with van der Waals surface area (Å²) in [6.45, 7) is 0. The van der Waals surface area contributed by atoms with Crippen LogP contribution < -0.4 is 0 Å². The van der Waals surface area contributed by atoms with E-state index in [-0.39, 0.29) is 20.9 Å². The molecule has 1 aromatic rings. The largest absolute Gasteiger partial charge is 0.465 e. The monoisotopic (exact) mass is 342 g/mol. The molecule has 0 radical (unpaired) electrons. The van der Waals surface area contributed by atoms with Crippen LogP contribution in [0.2, 0.25) is 0 Å². The van der Waals surface area contributed by atoms with E-state index >= 15 is 0 Å². The van der Waals surface area contributed by atoms with Crippen molar-refractivity contribution in [1.82, 2.24) is 0 Å². The van der Waals surface area contributed by atoms with Gasteiger partial charge in [-0.25, -0.2) is 13.6 Å². The normalized spacial score (nSPS) is 10.2. The van der Waals surface area contributed by atoms with Gasteiger partial charge in [0.05, 0.1) is 11.6 Å². The molecule has 0 aliphatic carbocycles. The van der Waals surface area contributed by atoms with E-state index in [2.05, 4.69) is 36.6 Å². The van der Waals surface area contributed by atoms with E-state index in [0.29, 0.717) is 0 Å². The Bertz CT molecular complexity index is 408.